The van der Waals surface area contributed by atoms with Gasteiger partial charge in [0.05, 0.1) is 4.90 Å². The van der Waals surface area contributed by atoms with E-state index in [0.717, 1.165) is 23.4 Å². The number of hydroxylamine groups is 1. The second kappa shape index (κ2) is 9.17. The molecular formula is C20H22FN3O4S. The fraction of sp³-hybridized carbons (Fsp3) is 0.250. The molecule has 1 heterocycles. The van der Waals surface area contributed by atoms with E-state index in [1.54, 1.807) is 11.6 Å². The van der Waals surface area contributed by atoms with E-state index >= 15 is 0 Å². The van der Waals surface area contributed by atoms with Gasteiger partial charge in [0.2, 0.25) is 10.0 Å². The summed E-state index contributed by atoms with van der Waals surface area (Å²) < 4.78 is 40.7. The minimum atomic E-state index is -3.70. The summed E-state index contributed by atoms with van der Waals surface area (Å²) in [4.78, 5) is 13.4. The van der Waals surface area contributed by atoms with Crippen molar-refractivity contribution in [1.82, 2.24) is 10.2 Å². The van der Waals surface area contributed by atoms with E-state index in [2.05, 4.69) is 9.62 Å². The van der Waals surface area contributed by atoms with Gasteiger partial charge in [-0.05, 0) is 54.8 Å². The lowest BCUT2D eigenvalue weighted by Gasteiger charge is -2.34. The zero-order valence-corrected chi connectivity index (χ0v) is 16.4. The highest BCUT2D eigenvalue weighted by atomic mass is 32.2. The van der Waals surface area contributed by atoms with Gasteiger partial charge in [0.1, 0.15) is 5.82 Å². The van der Waals surface area contributed by atoms with Gasteiger partial charge in [0, 0.05) is 30.9 Å². The first-order valence-electron chi connectivity index (χ1n) is 9.13. The molecule has 0 bridgehead atoms. The zero-order valence-electron chi connectivity index (χ0n) is 15.6. The van der Waals surface area contributed by atoms with Gasteiger partial charge in [-0.1, -0.05) is 18.2 Å². The Labute approximate surface area is 168 Å². The molecule has 1 fully saturated rings. The van der Waals surface area contributed by atoms with E-state index in [9.17, 15) is 17.6 Å². The number of nitrogens with one attached hydrogen (secondary N) is 2. The van der Waals surface area contributed by atoms with Crippen molar-refractivity contribution >= 4 is 27.7 Å². The van der Waals surface area contributed by atoms with E-state index < -0.39 is 21.7 Å². The van der Waals surface area contributed by atoms with Crippen LogP contribution >= 0.6 is 0 Å². The van der Waals surface area contributed by atoms with Crippen LogP contribution in [0, 0.1) is 5.82 Å². The summed E-state index contributed by atoms with van der Waals surface area (Å²) in [5, 5.41) is 8.61. The van der Waals surface area contributed by atoms with Gasteiger partial charge in [-0.25, -0.2) is 23.0 Å². The summed E-state index contributed by atoms with van der Waals surface area (Å²) in [6.07, 6.45) is 4.07. The van der Waals surface area contributed by atoms with Crippen molar-refractivity contribution in [2.75, 3.05) is 18.0 Å². The van der Waals surface area contributed by atoms with Crippen molar-refractivity contribution < 1.29 is 22.8 Å². The first-order chi connectivity index (χ1) is 13.9. The number of hydrogen-bond donors (Lipinski definition) is 3. The van der Waals surface area contributed by atoms with E-state index in [1.807, 2.05) is 24.3 Å². The molecule has 0 unspecified atom stereocenters. The molecule has 0 aliphatic carbocycles. The number of rotatable bonds is 6. The van der Waals surface area contributed by atoms with E-state index in [-0.39, 0.29) is 10.9 Å². The first-order valence-corrected chi connectivity index (χ1v) is 10.6. The third kappa shape index (κ3) is 5.41. The number of para-hydroxylation sites is 1. The average molecular weight is 419 g/mol. The molecule has 2 aromatic rings. The second-order valence-electron chi connectivity index (χ2n) is 6.70. The maximum atomic E-state index is 13.0. The fourth-order valence-electron chi connectivity index (χ4n) is 3.26. The van der Waals surface area contributed by atoms with Crippen LogP contribution in [0.15, 0.2) is 59.5 Å². The highest BCUT2D eigenvalue weighted by Gasteiger charge is 2.25. The van der Waals surface area contributed by atoms with Gasteiger partial charge in [-0.15, -0.1) is 0 Å². The van der Waals surface area contributed by atoms with Crippen LogP contribution in [0.5, 0.6) is 0 Å². The standard InChI is InChI=1S/C20H22FN3O4S/c21-16-6-8-18(9-7-16)29(27,28)23-17-11-13-24(14-12-17)19-4-2-1-3-15(19)5-10-20(25)22-26/h1-10,17,23,26H,11-14H2,(H,22,25)/b10-5+. The summed E-state index contributed by atoms with van der Waals surface area (Å²) in [5.74, 6) is -1.10. The van der Waals surface area contributed by atoms with E-state index in [4.69, 9.17) is 5.21 Å². The van der Waals surface area contributed by atoms with Crippen LogP contribution in [0.25, 0.3) is 6.08 Å². The minimum Gasteiger partial charge on any atom is -0.371 e. The number of halogens is 1. The molecule has 0 spiro atoms. The lowest BCUT2D eigenvalue weighted by molar-refractivity contribution is -0.124. The molecule has 7 nitrogen and oxygen atoms in total. The maximum Gasteiger partial charge on any atom is 0.267 e. The summed E-state index contributed by atoms with van der Waals surface area (Å²) >= 11 is 0. The molecule has 2 aromatic carbocycles. The highest BCUT2D eigenvalue weighted by molar-refractivity contribution is 7.89. The van der Waals surface area contributed by atoms with Crippen molar-refractivity contribution in [2.24, 2.45) is 0 Å². The molecule has 3 N–H and O–H groups in total. The fourth-order valence-corrected chi connectivity index (χ4v) is 4.56. The van der Waals surface area contributed by atoms with Gasteiger partial charge >= 0.3 is 0 Å². The smallest absolute Gasteiger partial charge is 0.267 e. The minimum absolute atomic E-state index is 0.0407. The Morgan fingerprint density at radius 1 is 1.10 bits per heavy atom. The van der Waals surface area contributed by atoms with Crippen molar-refractivity contribution in [3.63, 3.8) is 0 Å². The molecule has 0 atom stereocenters. The second-order valence-corrected chi connectivity index (χ2v) is 8.42. The Morgan fingerprint density at radius 2 is 1.76 bits per heavy atom. The molecule has 9 heteroatoms. The zero-order chi connectivity index (χ0) is 20.9. The molecular weight excluding hydrogens is 397 g/mol. The predicted molar refractivity (Wildman–Crippen MR) is 107 cm³/mol. The molecule has 1 aliphatic rings. The molecule has 0 saturated carbocycles. The molecule has 0 radical (unpaired) electrons. The average Bonchev–Trinajstić information content (AvgIpc) is 2.73. The summed E-state index contributed by atoms with van der Waals surface area (Å²) in [6, 6.07) is 12.1. The van der Waals surface area contributed by atoms with Gasteiger partial charge in [0.25, 0.3) is 5.91 Å². The van der Waals surface area contributed by atoms with Crippen molar-refractivity contribution in [3.8, 4) is 0 Å². The Balaban J connectivity index is 1.65. The molecule has 1 aliphatic heterocycles. The Morgan fingerprint density at radius 3 is 2.41 bits per heavy atom. The van der Waals surface area contributed by atoms with Gasteiger partial charge in [-0.2, -0.15) is 0 Å². The molecule has 29 heavy (non-hydrogen) atoms. The lowest BCUT2D eigenvalue weighted by Crippen LogP contribution is -2.44. The Hall–Kier alpha value is -2.75. The maximum absolute atomic E-state index is 13.0. The number of nitrogens with zero attached hydrogens (tertiary/aromatic N) is 1. The third-order valence-corrected chi connectivity index (χ3v) is 6.28. The molecule has 1 saturated heterocycles. The largest absolute Gasteiger partial charge is 0.371 e. The summed E-state index contributed by atoms with van der Waals surface area (Å²) in [7, 11) is -3.70. The quantitative estimate of drug-likeness (QED) is 0.379. The Kier molecular flexibility index (Phi) is 6.63. The highest BCUT2D eigenvalue weighted by Crippen LogP contribution is 2.26. The molecule has 1 amide bonds. The van der Waals surface area contributed by atoms with Crippen molar-refractivity contribution in [2.45, 2.75) is 23.8 Å². The summed E-state index contributed by atoms with van der Waals surface area (Å²) in [5.41, 5.74) is 3.30. The summed E-state index contributed by atoms with van der Waals surface area (Å²) in [6.45, 7) is 1.27. The number of anilines is 1. The van der Waals surface area contributed by atoms with Crippen LogP contribution in [-0.2, 0) is 14.8 Å². The van der Waals surface area contributed by atoms with Crippen molar-refractivity contribution in [1.29, 1.82) is 0 Å². The monoisotopic (exact) mass is 419 g/mol. The van der Waals surface area contributed by atoms with Gasteiger partial charge in [-0.3, -0.25) is 10.0 Å². The topological polar surface area (TPSA) is 98.7 Å². The number of hydrogen-bond acceptors (Lipinski definition) is 5. The predicted octanol–water partition coefficient (Wildman–Crippen LogP) is 2.29. The number of carbonyl (C=O) groups is 1. The van der Waals surface area contributed by atoms with Crippen LogP contribution in [0.2, 0.25) is 0 Å². The van der Waals surface area contributed by atoms with Crippen LogP contribution in [0.3, 0.4) is 0 Å². The SMILES string of the molecule is O=C(/C=C/c1ccccc1N1CCC(NS(=O)(=O)c2ccc(F)cc2)CC1)NO. The number of amides is 1. The van der Waals surface area contributed by atoms with Gasteiger partial charge < -0.3 is 4.90 Å². The number of benzene rings is 2. The van der Waals surface area contributed by atoms with Crippen LogP contribution in [-0.4, -0.2) is 38.7 Å². The van der Waals surface area contributed by atoms with Crippen molar-refractivity contribution in [3.05, 3.63) is 66.0 Å². The number of carbonyl (C=O) groups excluding carboxylic acids is 1. The van der Waals surface area contributed by atoms with Crippen LogP contribution in [0.1, 0.15) is 18.4 Å². The normalized spacial score (nSPS) is 15.6. The number of piperidine rings is 1. The lowest BCUT2D eigenvalue weighted by atomic mass is 10.0. The Bertz CT molecular complexity index is 985. The van der Waals surface area contributed by atoms with E-state index in [1.165, 1.54) is 18.2 Å². The first kappa shape index (κ1) is 21.0. The van der Waals surface area contributed by atoms with Crippen LogP contribution < -0.4 is 15.1 Å². The van der Waals surface area contributed by atoms with E-state index in [0.29, 0.717) is 25.9 Å². The molecule has 154 valence electrons. The number of sulfonamides is 1. The third-order valence-electron chi connectivity index (χ3n) is 4.74. The van der Waals surface area contributed by atoms with Gasteiger partial charge in [0.15, 0.2) is 0 Å². The van der Waals surface area contributed by atoms with Crippen LogP contribution in [0.4, 0.5) is 10.1 Å². The molecule has 3 rings (SSSR count). The molecule has 0 aromatic heterocycles.